The minimum Gasteiger partial charge on any atom is -0.298 e. The van der Waals surface area contributed by atoms with Crippen LogP contribution in [0, 0.1) is 0 Å². The van der Waals surface area contributed by atoms with E-state index in [0.717, 1.165) is 15.7 Å². The molecule has 0 atom stereocenters. The molecule has 5 nitrogen and oxygen atoms in total. The van der Waals surface area contributed by atoms with Gasteiger partial charge in [-0.05, 0) is 43.8 Å². The molecule has 1 heterocycles. The first-order chi connectivity index (χ1) is 9.02. The monoisotopic (exact) mass is 341 g/mol. The first kappa shape index (κ1) is 14.1. The standard InChI is InChI=1S/C12H12BrN3O2S/c1-7(2)16-11(18)14-15-12(16)19-10-5-9(13)4-3-8(10)6-17/h3-7H,1-2H3,(H,14,18). The van der Waals surface area contributed by atoms with Crippen molar-refractivity contribution in [2.45, 2.75) is 29.9 Å². The van der Waals surface area contributed by atoms with Gasteiger partial charge in [0.1, 0.15) is 0 Å². The molecule has 0 fully saturated rings. The largest absolute Gasteiger partial charge is 0.344 e. The maximum Gasteiger partial charge on any atom is 0.344 e. The molecule has 1 N–H and O–H groups in total. The Labute approximate surface area is 122 Å². The highest BCUT2D eigenvalue weighted by atomic mass is 79.9. The van der Waals surface area contributed by atoms with Crippen LogP contribution in [-0.2, 0) is 0 Å². The van der Waals surface area contributed by atoms with Crippen LogP contribution in [-0.4, -0.2) is 21.1 Å². The van der Waals surface area contributed by atoms with Crippen LogP contribution in [0.15, 0.2) is 37.5 Å². The van der Waals surface area contributed by atoms with Crippen molar-refractivity contribution in [3.05, 3.63) is 38.7 Å². The predicted molar refractivity (Wildman–Crippen MR) is 76.9 cm³/mol. The maximum absolute atomic E-state index is 11.6. The summed E-state index contributed by atoms with van der Waals surface area (Å²) in [6.45, 7) is 3.81. The minimum absolute atomic E-state index is 0.000541. The molecule has 1 aromatic heterocycles. The Balaban J connectivity index is 2.44. The first-order valence-electron chi connectivity index (χ1n) is 5.62. The van der Waals surface area contributed by atoms with Gasteiger partial charge in [0.15, 0.2) is 11.4 Å². The lowest BCUT2D eigenvalue weighted by Crippen LogP contribution is -2.19. The van der Waals surface area contributed by atoms with Gasteiger partial charge in [0.2, 0.25) is 0 Å². The van der Waals surface area contributed by atoms with Crippen LogP contribution in [0.3, 0.4) is 0 Å². The second-order valence-corrected chi connectivity index (χ2v) is 6.10. The molecule has 0 aliphatic rings. The first-order valence-corrected chi connectivity index (χ1v) is 7.23. The Morgan fingerprint density at radius 1 is 1.47 bits per heavy atom. The third-order valence-electron chi connectivity index (χ3n) is 2.49. The molecule has 0 saturated heterocycles. The fourth-order valence-electron chi connectivity index (χ4n) is 1.61. The van der Waals surface area contributed by atoms with Gasteiger partial charge in [-0.2, -0.15) is 0 Å². The molecule has 19 heavy (non-hydrogen) atoms. The van der Waals surface area contributed by atoms with E-state index >= 15 is 0 Å². The van der Waals surface area contributed by atoms with Gasteiger partial charge in [0.25, 0.3) is 0 Å². The average molecular weight is 342 g/mol. The molecule has 7 heteroatoms. The summed E-state index contributed by atoms with van der Waals surface area (Å²) in [5, 5.41) is 6.96. The number of carbonyl (C=O) groups is 1. The molecule has 0 radical (unpaired) electrons. The van der Waals surface area contributed by atoms with Crippen molar-refractivity contribution in [1.82, 2.24) is 14.8 Å². The Morgan fingerprint density at radius 3 is 2.84 bits per heavy atom. The number of halogens is 1. The molecule has 0 amide bonds. The summed E-state index contributed by atoms with van der Waals surface area (Å²) in [5.74, 6) is 0. The van der Waals surface area contributed by atoms with Crippen molar-refractivity contribution in [2.24, 2.45) is 0 Å². The quantitative estimate of drug-likeness (QED) is 0.868. The summed E-state index contributed by atoms with van der Waals surface area (Å²) in [5.41, 5.74) is 0.319. The van der Waals surface area contributed by atoms with Crippen molar-refractivity contribution in [3.63, 3.8) is 0 Å². The van der Waals surface area contributed by atoms with E-state index in [9.17, 15) is 9.59 Å². The van der Waals surface area contributed by atoms with Crippen molar-refractivity contribution in [1.29, 1.82) is 0 Å². The lowest BCUT2D eigenvalue weighted by Gasteiger charge is -2.09. The van der Waals surface area contributed by atoms with Gasteiger partial charge in [0, 0.05) is 21.0 Å². The third-order valence-corrected chi connectivity index (χ3v) is 4.03. The summed E-state index contributed by atoms with van der Waals surface area (Å²) in [6.07, 6.45) is 0.791. The van der Waals surface area contributed by atoms with Gasteiger partial charge in [-0.25, -0.2) is 9.89 Å². The van der Waals surface area contributed by atoms with Crippen molar-refractivity contribution in [3.8, 4) is 0 Å². The molecule has 0 unspecified atom stereocenters. The Morgan fingerprint density at radius 2 is 2.21 bits per heavy atom. The van der Waals surface area contributed by atoms with E-state index in [0.29, 0.717) is 10.7 Å². The molecule has 2 aromatic rings. The van der Waals surface area contributed by atoms with E-state index in [-0.39, 0.29) is 11.7 Å². The number of H-pyrrole nitrogens is 1. The lowest BCUT2D eigenvalue weighted by atomic mass is 10.2. The van der Waals surface area contributed by atoms with Crippen molar-refractivity contribution in [2.75, 3.05) is 0 Å². The fraction of sp³-hybridized carbons (Fsp3) is 0.250. The Hall–Kier alpha value is -1.34. The normalized spacial score (nSPS) is 10.9. The van der Waals surface area contributed by atoms with Gasteiger partial charge >= 0.3 is 5.69 Å². The zero-order valence-corrected chi connectivity index (χ0v) is 12.8. The number of hydrogen-bond acceptors (Lipinski definition) is 4. The van der Waals surface area contributed by atoms with E-state index in [2.05, 4.69) is 26.1 Å². The molecular weight excluding hydrogens is 330 g/mol. The molecule has 0 bridgehead atoms. The van der Waals surface area contributed by atoms with Crippen LogP contribution in [0.2, 0.25) is 0 Å². The van der Waals surface area contributed by atoms with Crippen LogP contribution >= 0.6 is 27.7 Å². The molecular formula is C12H12BrN3O2S. The second kappa shape index (κ2) is 5.75. The van der Waals surface area contributed by atoms with E-state index in [1.807, 2.05) is 19.9 Å². The highest BCUT2D eigenvalue weighted by Crippen LogP contribution is 2.31. The highest BCUT2D eigenvalue weighted by molar-refractivity contribution is 9.10. The zero-order valence-electron chi connectivity index (χ0n) is 10.4. The van der Waals surface area contributed by atoms with Crippen molar-refractivity contribution >= 4 is 34.0 Å². The average Bonchev–Trinajstić information content (AvgIpc) is 2.71. The summed E-state index contributed by atoms with van der Waals surface area (Å²) < 4.78 is 2.43. The van der Waals surface area contributed by atoms with E-state index < -0.39 is 0 Å². The number of carbonyl (C=O) groups excluding carboxylic acids is 1. The number of aromatic nitrogens is 3. The van der Waals surface area contributed by atoms with Crippen LogP contribution in [0.25, 0.3) is 0 Å². The van der Waals surface area contributed by atoms with E-state index in [4.69, 9.17) is 0 Å². The number of hydrogen-bond donors (Lipinski definition) is 1. The van der Waals surface area contributed by atoms with Crippen LogP contribution in [0.1, 0.15) is 30.2 Å². The molecule has 2 rings (SSSR count). The number of nitrogens with zero attached hydrogens (tertiary/aromatic N) is 2. The predicted octanol–water partition coefficient (Wildman–Crippen LogP) is 2.88. The smallest absolute Gasteiger partial charge is 0.298 e. The maximum atomic E-state index is 11.6. The molecule has 1 aromatic carbocycles. The Bertz CT molecular complexity index is 663. The van der Waals surface area contributed by atoms with E-state index in [1.54, 1.807) is 16.7 Å². The van der Waals surface area contributed by atoms with Gasteiger partial charge in [0.05, 0.1) is 0 Å². The Kier molecular flexibility index (Phi) is 4.26. The summed E-state index contributed by atoms with van der Waals surface area (Å²) in [7, 11) is 0. The minimum atomic E-state index is -0.250. The van der Waals surface area contributed by atoms with Gasteiger partial charge in [-0.3, -0.25) is 9.36 Å². The zero-order chi connectivity index (χ0) is 14.0. The van der Waals surface area contributed by atoms with Crippen LogP contribution in [0.4, 0.5) is 0 Å². The number of aldehydes is 1. The third kappa shape index (κ3) is 2.98. The topological polar surface area (TPSA) is 67.8 Å². The highest BCUT2D eigenvalue weighted by Gasteiger charge is 2.14. The van der Waals surface area contributed by atoms with Crippen LogP contribution in [0.5, 0.6) is 0 Å². The molecule has 0 spiro atoms. The summed E-state index contributed by atoms with van der Waals surface area (Å²) in [6, 6.07) is 5.36. The number of nitrogens with one attached hydrogen (secondary N) is 1. The van der Waals surface area contributed by atoms with Gasteiger partial charge in [-0.15, -0.1) is 5.10 Å². The second-order valence-electron chi connectivity index (χ2n) is 4.18. The van der Waals surface area contributed by atoms with Crippen LogP contribution < -0.4 is 5.69 Å². The van der Waals surface area contributed by atoms with Crippen molar-refractivity contribution < 1.29 is 4.79 Å². The number of rotatable bonds is 4. The summed E-state index contributed by atoms with van der Waals surface area (Å²) in [4.78, 5) is 23.4. The fourth-order valence-corrected chi connectivity index (χ4v) is 3.22. The van der Waals surface area contributed by atoms with Gasteiger partial charge in [-0.1, -0.05) is 15.9 Å². The number of aromatic amines is 1. The van der Waals surface area contributed by atoms with E-state index in [1.165, 1.54) is 11.8 Å². The number of benzene rings is 1. The molecule has 100 valence electrons. The molecule has 0 saturated carbocycles. The molecule has 0 aliphatic heterocycles. The summed E-state index contributed by atoms with van der Waals surface area (Å²) >= 11 is 4.65. The van der Waals surface area contributed by atoms with Gasteiger partial charge < -0.3 is 0 Å². The molecule has 0 aliphatic carbocycles. The SMILES string of the molecule is CC(C)n1c(Sc2cc(Br)ccc2C=O)n[nH]c1=O. The lowest BCUT2D eigenvalue weighted by molar-refractivity contribution is 0.112.